The van der Waals surface area contributed by atoms with Gasteiger partial charge in [0.15, 0.2) is 0 Å². The van der Waals surface area contributed by atoms with Gasteiger partial charge >= 0.3 is 6.09 Å². The number of carbonyl (C=O) groups excluding carboxylic acids is 1. The molecule has 2 aromatic rings. The van der Waals surface area contributed by atoms with Crippen molar-refractivity contribution in [3.8, 4) is 0 Å². The van der Waals surface area contributed by atoms with E-state index in [1.54, 1.807) is 4.57 Å². The minimum atomic E-state index is -0.311. The fraction of sp³-hybridized carbons (Fsp3) is 0.471. The van der Waals surface area contributed by atoms with E-state index in [0.717, 1.165) is 30.4 Å². The normalized spacial score (nSPS) is 11.5. The minimum absolute atomic E-state index is 0.311. The summed E-state index contributed by atoms with van der Waals surface area (Å²) < 4.78 is 6.98. The molecule has 0 atom stereocenters. The van der Waals surface area contributed by atoms with Gasteiger partial charge in [-0.2, -0.15) is 0 Å². The molecule has 0 spiro atoms. The zero-order valence-electron chi connectivity index (χ0n) is 13.9. The van der Waals surface area contributed by atoms with Crippen molar-refractivity contribution in [1.82, 2.24) is 14.4 Å². The van der Waals surface area contributed by atoms with Crippen LogP contribution in [0.1, 0.15) is 5.56 Å². The molecule has 0 aliphatic carbocycles. The number of ether oxygens (including phenoxy) is 1. The fourth-order valence-electron chi connectivity index (χ4n) is 2.33. The molecule has 0 N–H and O–H groups in total. The van der Waals surface area contributed by atoms with Gasteiger partial charge in [-0.05, 0) is 46.2 Å². The highest BCUT2D eigenvalue weighted by atomic mass is 16.5. The monoisotopic (exact) mass is 303 g/mol. The van der Waals surface area contributed by atoms with Gasteiger partial charge in [0.1, 0.15) is 6.61 Å². The van der Waals surface area contributed by atoms with Crippen molar-refractivity contribution < 1.29 is 9.53 Å². The number of benzene rings is 1. The third-order valence-electron chi connectivity index (χ3n) is 3.58. The van der Waals surface area contributed by atoms with Crippen molar-refractivity contribution in [3.05, 3.63) is 36.0 Å². The summed E-state index contributed by atoms with van der Waals surface area (Å²) in [6.07, 6.45) is 2.51. The Morgan fingerprint density at radius 2 is 1.77 bits per heavy atom. The zero-order valence-corrected chi connectivity index (χ0v) is 13.9. The molecule has 120 valence electrons. The van der Waals surface area contributed by atoms with Crippen LogP contribution in [0, 0.1) is 0 Å². The zero-order chi connectivity index (χ0) is 16.1. The molecule has 0 bridgehead atoms. The van der Waals surface area contributed by atoms with Crippen LogP contribution in [0.15, 0.2) is 30.5 Å². The minimum Gasteiger partial charge on any atom is -0.448 e. The molecule has 5 heteroatoms. The summed E-state index contributed by atoms with van der Waals surface area (Å²) in [7, 11) is 8.01. The second-order valence-electron chi connectivity index (χ2n) is 6.01. The Morgan fingerprint density at radius 1 is 1.09 bits per heavy atom. The van der Waals surface area contributed by atoms with Crippen LogP contribution < -0.4 is 0 Å². The molecule has 1 aromatic carbocycles. The van der Waals surface area contributed by atoms with Gasteiger partial charge < -0.3 is 14.5 Å². The molecule has 0 saturated heterocycles. The maximum absolute atomic E-state index is 12.3. The smallest absolute Gasteiger partial charge is 0.418 e. The van der Waals surface area contributed by atoms with Gasteiger partial charge in [0.05, 0.1) is 5.52 Å². The van der Waals surface area contributed by atoms with Crippen LogP contribution >= 0.6 is 0 Å². The third kappa shape index (κ3) is 4.08. The van der Waals surface area contributed by atoms with Gasteiger partial charge in [0, 0.05) is 24.7 Å². The molecule has 5 nitrogen and oxygen atoms in total. The van der Waals surface area contributed by atoms with Crippen LogP contribution in [-0.2, 0) is 11.2 Å². The fourth-order valence-corrected chi connectivity index (χ4v) is 2.33. The van der Waals surface area contributed by atoms with E-state index in [4.69, 9.17) is 4.74 Å². The van der Waals surface area contributed by atoms with Crippen molar-refractivity contribution in [2.24, 2.45) is 0 Å². The first-order chi connectivity index (χ1) is 10.5. The highest BCUT2D eigenvalue weighted by molar-refractivity contribution is 5.91. The number of aromatic nitrogens is 1. The topological polar surface area (TPSA) is 37.7 Å². The van der Waals surface area contributed by atoms with Gasteiger partial charge in [-0.15, -0.1) is 0 Å². The number of fused-ring (bicyclic) bond motifs is 1. The number of para-hydroxylation sites is 1. The van der Waals surface area contributed by atoms with Gasteiger partial charge in [-0.25, -0.2) is 4.79 Å². The van der Waals surface area contributed by atoms with Crippen LogP contribution in [0.25, 0.3) is 10.9 Å². The van der Waals surface area contributed by atoms with Gasteiger partial charge in [-0.3, -0.25) is 4.57 Å². The summed E-state index contributed by atoms with van der Waals surface area (Å²) in [6, 6.07) is 7.97. The van der Waals surface area contributed by atoms with E-state index in [-0.39, 0.29) is 6.09 Å². The third-order valence-corrected chi connectivity index (χ3v) is 3.58. The predicted octanol–water partition coefficient (Wildman–Crippen LogP) is 2.29. The first kappa shape index (κ1) is 16.5. The number of rotatable bonds is 6. The Hall–Kier alpha value is -1.85. The Kier molecular flexibility index (Phi) is 5.57. The van der Waals surface area contributed by atoms with Crippen LogP contribution in [-0.4, -0.2) is 68.3 Å². The average Bonchev–Trinajstić information content (AvgIpc) is 2.83. The molecule has 0 aliphatic heterocycles. The Balaban J connectivity index is 2.20. The lowest BCUT2D eigenvalue weighted by Gasteiger charge is -2.10. The molecule has 22 heavy (non-hydrogen) atoms. The standard InChI is InChI=1S/C17H25N3O2/c1-18(2)10-9-14-13-20(16-8-6-5-7-15(14)16)17(21)22-12-11-19(3)4/h5-8,13H,9-12H2,1-4H3. The van der Waals surface area contributed by atoms with Crippen LogP contribution in [0.2, 0.25) is 0 Å². The van der Waals surface area contributed by atoms with Crippen LogP contribution in [0.4, 0.5) is 4.79 Å². The largest absolute Gasteiger partial charge is 0.448 e. The molecule has 1 aromatic heterocycles. The summed E-state index contributed by atoms with van der Waals surface area (Å²) in [5, 5.41) is 1.12. The quantitative estimate of drug-likeness (QED) is 0.820. The maximum atomic E-state index is 12.3. The lowest BCUT2D eigenvalue weighted by molar-refractivity contribution is 0.139. The van der Waals surface area contributed by atoms with Crippen LogP contribution in [0.3, 0.4) is 0 Å². The molecule has 0 aliphatic rings. The maximum Gasteiger partial charge on any atom is 0.418 e. The molecule has 0 unspecified atom stereocenters. The van der Waals surface area contributed by atoms with E-state index in [1.165, 1.54) is 5.56 Å². The number of hydrogen-bond acceptors (Lipinski definition) is 4. The first-order valence-corrected chi connectivity index (χ1v) is 7.54. The lowest BCUT2D eigenvalue weighted by Crippen LogP contribution is -2.22. The Bertz CT molecular complexity index is 632. The summed E-state index contributed by atoms with van der Waals surface area (Å²) >= 11 is 0. The molecule has 0 radical (unpaired) electrons. The van der Waals surface area contributed by atoms with Gasteiger partial charge in [-0.1, -0.05) is 18.2 Å². The van der Waals surface area contributed by atoms with E-state index in [0.29, 0.717) is 6.61 Å². The van der Waals surface area contributed by atoms with Crippen molar-refractivity contribution in [2.75, 3.05) is 47.9 Å². The Morgan fingerprint density at radius 3 is 2.45 bits per heavy atom. The van der Waals surface area contributed by atoms with E-state index in [9.17, 15) is 4.79 Å². The number of hydrogen-bond donors (Lipinski definition) is 0. The second kappa shape index (κ2) is 7.42. The number of likely N-dealkylation sites (N-methyl/N-ethyl adjacent to an activating group) is 2. The van der Waals surface area contributed by atoms with Gasteiger partial charge in [0.2, 0.25) is 0 Å². The molecular weight excluding hydrogens is 278 g/mol. The number of carbonyl (C=O) groups is 1. The highest BCUT2D eigenvalue weighted by Gasteiger charge is 2.14. The van der Waals surface area contributed by atoms with Crippen molar-refractivity contribution in [3.63, 3.8) is 0 Å². The van der Waals surface area contributed by atoms with Crippen LogP contribution in [0.5, 0.6) is 0 Å². The SMILES string of the molecule is CN(C)CCOC(=O)n1cc(CCN(C)C)c2ccccc21. The average molecular weight is 303 g/mol. The van der Waals surface area contributed by atoms with Crippen molar-refractivity contribution in [1.29, 1.82) is 0 Å². The van der Waals surface area contributed by atoms with Crippen molar-refractivity contribution >= 4 is 17.0 Å². The summed E-state index contributed by atoms with van der Waals surface area (Å²) in [5.74, 6) is 0. The summed E-state index contributed by atoms with van der Waals surface area (Å²) in [5.41, 5.74) is 2.08. The lowest BCUT2D eigenvalue weighted by atomic mass is 10.1. The van der Waals surface area contributed by atoms with Crippen molar-refractivity contribution in [2.45, 2.75) is 6.42 Å². The van der Waals surface area contributed by atoms with E-state index < -0.39 is 0 Å². The first-order valence-electron chi connectivity index (χ1n) is 7.54. The molecule has 0 saturated carbocycles. The molecular formula is C17H25N3O2. The highest BCUT2D eigenvalue weighted by Crippen LogP contribution is 2.22. The number of nitrogens with zero attached hydrogens (tertiary/aromatic N) is 3. The van der Waals surface area contributed by atoms with Gasteiger partial charge in [0.25, 0.3) is 0 Å². The van der Waals surface area contributed by atoms with E-state index in [2.05, 4.69) is 25.1 Å². The predicted molar refractivity (Wildman–Crippen MR) is 89.5 cm³/mol. The van der Waals surface area contributed by atoms with E-state index >= 15 is 0 Å². The molecule has 0 amide bonds. The molecule has 2 rings (SSSR count). The summed E-state index contributed by atoms with van der Waals surface area (Å²) in [6.45, 7) is 2.06. The molecule has 1 heterocycles. The molecule has 0 fully saturated rings. The Labute approximate surface area is 132 Å². The van der Waals surface area contributed by atoms with E-state index in [1.807, 2.05) is 43.4 Å². The summed E-state index contributed by atoms with van der Waals surface area (Å²) in [4.78, 5) is 16.4. The second-order valence-corrected chi connectivity index (χ2v) is 6.01.